The van der Waals surface area contributed by atoms with Crippen molar-refractivity contribution in [3.05, 3.63) is 75.1 Å². The molecule has 0 aliphatic heterocycles. The molecule has 3 aromatic carbocycles. The summed E-state index contributed by atoms with van der Waals surface area (Å²) < 4.78 is 25.7. The van der Waals surface area contributed by atoms with E-state index in [0.29, 0.717) is 30.4 Å². The van der Waals surface area contributed by atoms with Gasteiger partial charge in [-0.15, -0.1) is 0 Å². The maximum absolute atomic E-state index is 13.5. The number of hydrogen-bond donors (Lipinski definition) is 2. The zero-order chi connectivity index (χ0) is 22.0. The van der Waals surface area contributed by atoms with Crippen molar-refractivity contribution in [3.8, 4) is 5.75 Å². The molecule has 4 rings (SSSR count). The van der Waals surface area contributed by atoms with Crippen LogP contribution in [0.3, 0.4) is 0 Å². The molecule has 162 valence electrons. The summed E-state index contributed by atoms with van der Waals surface area (Å²) in [6.07, 6.45) is 0.343. The van der Waals surface area contributed by atoms with Crippen molar-refractivity contribution in [3.63, 3.8) is 0 Å². The van der Waals surface area contributed by atoms with Crippen LogP contribution in [0.2, 0.25) is 5.02 Å². The van der Waals surface area contributed by atoms with E-state index in [9.17, 15) is 9.50 Å². The molecule has 1 heterocycles. The first kappa shape index (κ1) is 22.1. The number of benzene rings is 3. The van der Waals surface area contributed by atoms with Crippen LogP contribution in [0.5, 0.6) is 5.75 Å². The smallest absolute Gasteiger partial charge is 0.196 e. The Labute approximate surface area is 193 Å². The van der Waals surface area contributed by atoms with Gasteiger partial charge < -0.3 is 19.6 Å². The van der Waals surface area contributed by atoms with E-state index in [1.165, 1.54) is 12.1 Å². The lowest BCUT2D eigenvalue weighted by atomic mass is 10.1. The van der Waals surface area contributed by atoms with Gasteiger partial charge in [-0.3, -0.25) is 0 Å². The molecule has 0 saturated heterocycles. The number of aryl methyl sites for hydroxylation is 1. The third-order valence-electron chi connectivity index (χ3n) is 5.21. The number of ether oxygens (including phenoxy) is 2. The fourth-order valence-corrected chi connectivity index (χ4v) is 4.38. The van der Waals surface area contributed by atoms with Crippen LogP contribution in [-0.2, 0) is 11.2 Å². The van der Waals surface area contributed by atoms with E-state index in [2.05, 4.69) is 20.9 Å². The molecule has 1 atom stereocenters. The highest BCUT2D eigenvalue weighted by Gasteiger charge is 2.20. The Morgan fingerprint density at radius 3 is 2.77 bits per heavy atom. The number of halogens is 3. The van der Waals surface area contributed by atoms with Gasteiger partial charge in [-0.05, 0) is 77.0 Å². The summed E-state index contributed by atoms with van der Waals surface area (Å²) in [5.74, 6) is 0.455. The van der Waals surface area contributed by atoms with Gasteiger partial charge in [-0.25, -0.2) is 4.39 Å². The van der Waals surface area contributed by atoms with Crippen LogP contribution >= 0.6 is 27.5 Å². The maximum atomic E-state index is 13.5. The van der Waals surface area contributed by atoms with Crippen LogP contribution in [0, 0.1) is 5.82 Å². The molecule has 0 aliphatic carbocycles. The van der Waals surface area contributed by atoms with Crippen LogP contribution < -0.4 is 4.74 Å². The molecular formula is C24H22BrClFNO3. The van der Waals surface area contributed by atoms with E-state index in [1.807, 2.05) is 37.3 Å². The first-order valence-electron chi connectivity index (χ1n) is 10.1. The summed E-state index contributed by atoms with van der Waals surface area (Å²) in [6.45, 7) is 2.70. The second-order valence-electron chi connectivity index (χ2n) is 7.18. The highest BCUT2D eigenvalue weighted by Crippen LogP contribution is 2.36. The molecule has 1 aromatic heterocycles. The predicted molar refractivity (Wildman–Crippen MR) is 125 cm³/mol. The lowest BCUT2D eigenvalue weighted by Crippen LogP contribution is -2.07. The quantitative estimate of drug-likeness (QED) is 0.202. The van der Waals surface area contributed by atoms with E-state index < -0.39 is 6.29 Å². The largest absolute Gasteiger partial charge is 0.493 e. The maximum Gasteiger partial charge on any atom is 0.196 e. The van der Waals surface area contributed by atoms with Crippen molar-refractivity contribution in [1.82, 2.24) is 4.98 Å². The van der Waals surface area contributed by atoms with Crippen molar-refractivity contribution >= 4 is 49.2 Å². The summed E-state index contributed by atoms with van der Waals surface area (Å²) in [4.78, 5) is 3.26. The third-order valence-corrected chi connectivity index (χ3v) is 6.57. The number of aliphatic hydroxyl groups is 1. The highest BCUT2D eigenvalue weighted by atomic mass is 79.9. The Bertz CT molecular complexity index is 1230. The second-order valence-corrected chi connectivity index (χ2v) is 8.38. The van der Waals surface area contributed by atoms with Crippen LogP contribution in [0.1, 0.15) is 30.9 Å². The first-order valence-corrected chi connectivity index (χ1v) is 11.3. The van der Waals surface area contributed by atoms with Gasteiger partial charge in [0.05, 0.1) is 27.3 Å². The van der Waals surface area contributed by atoms with Crippen molar-refractivity contribution in [2.45, 2.75) is 26.1 Å². The second kappa shape index (κ2) is 9.57. The zero-order valence-corrected chi connectivity index (χ0v) is 19.3. The Hall–Kier alpha value is -2.12. The number of aromatic amines is 1. The average Bonchev–Trinajstić information content (AvgIpc) is 3.13. The van der Waals surface area contributed by atoms with E-state index in [1.54, 1.807) is 6.07 Å². The van der Waals surface area contributed by atoms with Crippen LogP contribution in [0.15, 0.2) is 53.0 Å². The fraction of sp³-hybridized carbons (Fsp3) is 0.250. The van der Waals surface area contributed by atoms with E-state index in [-0.39, 0.29) is 5.82 Å². The van der Waals surface area contributed by atoms with Gasteiger partial charge in [0, 0.05) is 17.4 Å². The first-order chi connectivity index (χ1) is 15.0. The van der Waals surface area contributed by atoms with Gasteiger partial charge in [-0.2, -0.15) is 0 Å². The number of aliphatic hydroxyl groups excluding tert-OH is 1. The van der Waals surface area contributed by atoms with Gasteiger partial charge >= 0.3 is 0 Å². The molecule has 0 saturated carbocycles. The summed E-state index contributed by atoms with van der Waals surface area (Å²) in [5, 5.41) is 13.7. The van der Waals surface area contributed by atoms with Crippen LogP contribution in [-0.4, -0.2) is 23.3 Å². The van der Waals surface area contributed by atoms with Crippen LogP contribution in [0.4, 0.5) is 4.39 Å². The number of fused-ring (bicyclic) bond motifs is 2. The van der Waals surface area contributed by atoms with Crippen molar-refractivity contribution in [1.29, 1.82) is 0 Å². The SMILES string of the molecule is CCOC(O)c1[nH]c2c(Br)c(Cl)ccc2c1CCCOc1cccc2cc(F)ccc12. The highest BCUT2D eigenvalue weighted by molar-refractivity contribution is 9.10. The Balaban J connectivity index is 1.54. The number of hydrogen-bond acceptors (Lipinski definition) is 3. The molecule has 0 spiro atoms. The van der Waals surface area contributed by atoms with Crippen LogP contribution in [0.25, 0.3) is 21.7 Å². The topological polar surface area (TPSA) is 54.5 Å². The molecule has 4 aromatic rings. The minimum atomic E-state index is -1.05. The summed E-state index contributed by atoms with van der Waals surface area (Å²) in [5.41, 5.74) is 2.42. The number of nitrogens with one attached hydrogen (secondary N) is 1. The monoisotopic (exact) mass is 505 g/mol. The fourth-order valence-electron chi connectivity index (χ4n) is 3.78. The van der Waals surface area contributed by atoms with Gasteiger partial charge in [0.2, 0.25) is 0 Å². The summed E-state index contributed by atoms with van der Waals surface area (Å²) in [7, 11) is 0. The lowest BCUT2D eigenvalue weighted by molar-refractivity contribution is -0.101. The molecule has 0 radical (unpaired) electrons. The Morgan fingerprint density at radius 2 is 1.97 bits per heavy atom. The van der Waals surface area contributed by atoms with Gasteiger partial charge in [0.25, 0.3) is 0 Å². The minimum absolute atomic E-state index is 0.268. The standard InChI is InChI=1S/C24H22BrClFNO3/c1-2-30-24(29)23-17(18-10-11-19(26)21(25)22(18)28-23)6-4-12-31-20-7-3-5-14-13-15(27)8-9-16(14)20/h3,5,7-11,13,24,28-29H,2,4,6,12H2,1H3. The molecule has 0 aliphatic rings. The molecule has 7 heteroatoms. The third kappa shape index (κ3) is 4.58. The number of aromatic nitrogens is 1. The van der Waals surface area contributed by atoms with Crippen molar-refractivity contribution < 1.29 is 19.0 Å². The van der Waals surface area contributed by atoms with Crippen molar-refractivity contribution in [2.24, 2.45) is 0 Å². The van der Waals surface area contributed by atoms with Gasteiger partial charge in [0.1, 0.15) is 11.6 Å². The summed E-state index contributed by atoms with van der Waals surface area (Å²) >= 11 is 9.76. The molecule has 0 fully saturated rings. The summed E-state index contributed by atoms with van der Waals surface area (Å²) in [6, 6.07) is 14.0. The van der Waals surface area contributed by atoms with E-state index >= 15 is 0 Å². The van der Waals surface area contributed by atoms with Crippen molar-refractivity contribution in [2.75, 3.05) is 13.2 Å². The van der Waals surface area contributed by atoms with E-state index in [0.717, 1.165) is 43.9 Å². The minimum Gasteiger partial charge on any atom is -0.493 e. The molecular weight excluding hydrogens is 485 g/mol. The number of rotatable bonds is 8. The lowest BCUT2D eigenvalue weighted by Gasteiger charge is -2.13. The zero-order valence-electron chi connectivity index (χ0n) is 16.9. The Kier molecular flexibility index (Phi) is 6.82. The predicted octanol–water partition coefficient (Wildman–Crippen LogP) is 6.92. The molecule has 4 nitrogen and oxygen atoms in total. The molecule has 31 heavy (non-hydrogen) atoms. The van der Waals surface area contributed by atoms with E-state index in [4.69, 9.17) is 21.1 Å². The molecule has 1 unspecified atom stereocenters. The normalized spacial score (nSPS) is 12.5. The average molecular weight is 507 g/mol. The Morgan fingerprint density at radius 1 is 1.16 bits per heavy atom. The van der Waals surface area contributed by atoms with Gasteiger partial charge in [0.15, 0.2) is 6.29 Å². The van der Waals surface area contributed by atoms with Gasteiger partial charge in [-0.1, -0.05) is 29.8 Å². The molecule has 0 bridgehead atoms. The molecule has 0 amide bonds. The molecule has 2 N–H and O–H groups in total. The number of H-pyrrole nitrogens is 1.